The second-order valence-electron chi connectivity index (χ2n) is 4.82. The third kappa shape index (κ3) is 5.30. The second kappa shape index (κ2) is 6.42. The van der Waals surface area contributed by atoms with E-state index in [0.29, 0.717) is 0 Å². The lowest BCUT2D eigenvalue weighted by Gasteiger charge is -2.31. The Balaban J connectivity index is 0.000000145. The number of hydrogen-bond donors (Lipinski definition) is 0. The highest BCUT2D eigenvalue weighted by Gasteiger charge is 2.13. The summed E-state index contributed by atoms with van der Waals surface area (Å²) in [5.74, 6) is 0.857. The molecule has 0 atom stereocenters. The molecule has 1 aliphatic heterocycles. The quantitative estimate of drug-likeness (QED) is 0.635. The van der Waals surface area contributed by atoms with E-state index in [-0.39, 0.29) is 0 Å². The Hall–Kier alpha value is -0.0400. The van der Waals surface area contributed by atoms with Gasteiger partial charge in [-0.25, -0.2) is 0 Å². The van der Waals surface area contributed by atoms with Gasteiger partial charge >= 0.3 is 0 Å². The van der Waals surface area contributed by atoms with Gasteiger partial charge in [-0.3, -0.25) is 0 Å². The maximum atomic E-state index is 2.50. The van der Waals surface area contributed by atoms with E-state index in [1.807, 2.05) is 0 Å². The molecule has 0 amide bonds. The van der Waals surface area contributed by atoms with E-state index in [1.54, 1.807) is 0 Å². The number of rotatable bonds is 2. The molecule has 1 aliphatic carbocycles. The lowest BCUT2D eigenvalue weighted by molar-refractivity contribution is 0.161. The molecule has 2 fully saturated rings. The molecule has 1 saturated heterocycles. The minimum atomic E-state index is 0.857. The SMILES string of the molecule is C1CCCC1.CC(C)CN1CCC1. The molecule has 0 unspecified atom stereocenters. The lowest BCUT2D eigenvalue weighted by Crippen LogP contribution is -2.39. The number of nitrogens with zero attached hydrogens (tertiary/aromatic N) is 1. The molecule has 0 radical (unpaired) electrons. The third-order valence-electron chi connectivity index (χ3n) is 2.82. The first-order valence-electron chi connectivity index (χ1n) is 6.01. The van der Waals surface area contributed by atoms with Crippen LogP contribution in [-0.4, -0.2) is 24.5 Å². The van der Waals surface area contributed by atoms with Crippen molar-refractivity contribution in [2.75, 3.05) is 19.6 Å². The summed E-state index contributed by atoms with van der Waals surface area (Å²) < 4.78 is 0. The zero-order valence-corrected chi connectivity index (χ0v) is 9.39. The van der Waals surface area contributed by atoms with Crippen LogP contribution in [0.5, 0.6) is 0 Å². The molecule has 0 aromatic heterocycles. The molecule has 2 aliphatic rings. The van der Waals surface area contributed by atoms with Gasteiger partial charge in [0.25, 0.3) is 0 Å². The fourth-order valence-electron chi connectivity index (χ4n) is 1.96. The van der Waals surface area contributed by atoms with Crippen LogP contribution in [0, 0.1) is 5.92 Å². The number of likely N-dealkylation sites (tertiary alicyclic amines) is 1. The molecular formula is C12H25N. The van der Waals surface area contributed by atoms with Gasteiger partial charge in [-0.15, -0.1) is 0 Å². The van der Waals surface area contributed by atoms with Crippen molar-refractivity contribution in [1.82, 2.24) is 4.90 Å². The molecule has 0 bridgehead atoms. The largest absolute Gasteiger partial charge is 0.303 e. The summed E-state index contributed by atoms with van der Waals surface area (Å²) in [6, 6.07) is 0. The maximum Gasteiger partial charge on any atom is 0.000440 e. The van der Waals surface area contributed by atoms with Crippen LogP contribution in [0.4, 0.5) is 0 Å². The van der Waals surface area contributed by atoms with Gasteiger partial charge in [0.2, 0.25) is 0 Å². The van der Waals surface area contributed by atoms with Crippen LogP contribution in [0.1, 0.15) is 52.4 Å². The predicted octanol–water partition coefficient (Wildman–Crippen LogP) is 3.30. The maximum absolute atomic E-state index is 2.50. The van der Waals surface area contributed by atoms with Crippen LogP contribution >= 0.6 is 0 Å². The number of hydrogen-bond acceptors (Lipinski definition) is 1. The average Bonchev–Trinajstić information content (AvgIpc) is 2.53. The standard InChI is InChI=1S/C7H15N.C5H10/c1-7(2)6-8-4-3-5-8;1-2-4-5-3-1/h7H,3-6H2,1-2H3;1-5H2. The summed E-state index contributed by atoms with van der Waals surface area (Å²) in [6.45, 7) is 8.55. The molecule has 1 heteroatoms. The Kier molecular flexibility index (Phi) is 5.45. The van der Waals surface area contributed by atoms with E-state index >= 15 is 0 Å². The summed E-state index contributed by atoms with van der Waals surface area (Å²) >= 11 is 0. The van der Waals surface area contributed by atoms with E-state index in [0.717, 1.165) is 5.92 Å². The second-order valence-corrected chi connectivity index (χ2v) is 4.82. The topological polar surface area (TPSA) is 3.24 Å². The highest BCUT2D eigenvalue weighted by molar-refractivity contribution is 4.68. The van der Waals surface area contributed by atoms with Crippen molar-refractivity contribution in [3.63, 3.8) is 0 Å². The molecule has 1 saturated carbocycles. The average molecular weight is 183 g/mol. The van der Waals surface area contributed by atoms with E-state index < -0.39 is 0 Å². The van der Waals surface area contributed by atoms with Crippen molar-refractivity contribution in [2.24, 2.45) is 5.92 Å². The van der Waals surface area contributed by atoms with Crippen molar-refractivity contribution in [1.29, 1.82) is 0 Å². The van der Waals surface area contributed by atoms with Crippen molar-refractivity contribution in [2.45, 2.75) is 52.4 Å². The van der Waals surface area contributed by atoms with E-state index in [9.17, 15) is 0 Å². The van der Waals surface area contributed by atoms with Gasteiger partial charge in [-0.2, -0.15) is 0 Å². The van der Waals surface area contributed by atoms with Crippen molar-refractivity contribution in [3.8, 4) is 0 Å². The fraction of sp³-hybridized carbons (Fsp3) is 1.00. The minimum absolute atomic E-state index is 0.857. The zero-order valence-electron chi connectivity index (χ0n) is 9.39. The Labute approximate surface area is 83.5 Å². The van der Waals surface area contributed by atoms with Crippen LogP contribution in [-0.2, 0) is 0 Å². The molecule has 1 nitrogen and oxygen atoms in total. The van der Waals surface area contributed by atoms with Crippen LogP contribution in [0.25, 0.3) is 0 Å². The monoisotopic (exact) mass is 183 g/mol. The van der Waals surface area contributed by atoms with Gasteiger partial charge in [-0.05, 0) is 25.4 Å². The van der Waals surface area contributed by atoms with Gasteiger partial charge in [0.15, 0.2) is 0 Å². The van der Waals surface area contributed by atoms with Crippen molar-refractivity contribution >= 4 is 0 Å². The molecular weight excluding hydrogens is 158 g/mol. The summed E-state index contributed by atoms with van der Waals surface area (Å²) in [7, 11) is 0. The summed E-state index contributed by atoms with van der Waals surface area (Å²) in [5, 5.41) is 0. The van der Waals surface area contributed by atoms with Crippen molar-refractivity contribution in [3.05, 3.63) is 0 Å². The summed E-state index contributed by atoms with van der Waals surface area (Å²) in [5.41, 5.74) is 0. The van der Waals surface area contributed by atoms with E-state index in [2.05, 4.69) is 18.7 Å². The molecule has 78 valence electrons. The van der Waals surface area contributed by atoms with Gasteiger partial charge in [0.05, 0.1) is 0 Å². The molecule has 0 N–H and O–H groups in total. The van der Waals surface area contributed by atoms with E-state index in [1.165, 1.54) is 58.2 Å². The molecule has 13 heavy (non-hydrogen) atoms. The summed E-state index contributed by atoms with van der Waals surface area (Å²) in [6.07, 6.45) is 8.92. The zero-order chi connectivity index (χ0) is 9.52. The van der Waals surface area contributed by atoms with Crippen LogP contribution < -0.4 is 0 Å². The van der Waals surface area contributed by atoms with E-state index in [4.69, 9.17) is 0 Å². The Morgan fingerprint density at radius 2 is 1.31 bits per heavy atom. The first-order valence-corrected chi connectivity index (χ1v) is 6.01. The smallest absolute Gasteiger partial charge is 0.000440 e. The van der Waals surface area contributed by atoms with Gasteiger partial charge < -0.3 is 4.90 Å². The normalized spacial score (nSPS) is 22.4. The Morgan fingerprint density at radius 1 is 0.846 bits per heavy atom. The molecule has 2 rings (SSSR count). The van der Waals surface area contributed by atoms with Crippen LogP contribution in [0.15, 0.2) is 0 Å². The predicted molar refractivity (Wildman–Crippen MR) is 59.0 cm³/mol. The molecule has 0 spiro atoms. The first-order chi connectivity index (χ1) is 6.29. The highest BCUT2D eigenvalue weighted by Crippen LogP contribution is 2.15. The highest BCUT2D eigenvalue weighted by atomic mass is 15.2. The van der Waals surface area contributed by atoms with Crippen LogP contribution in [0.2, 0.25) is 0 Å². The van der Waals surface area contributed by atoms with Gasteiger partial charge in [0, 0.05) is 6.54 Å². The van der Waals surface area contributed by atoms with Crippen molar-refractivity contribution < 1.29 is 0 Å². The van der Waals surface area contributed by atoms with Gasteiger partial charge in [-0.1, -0.05) is 46.0 Å². The third-order valence-corrected chi connectivity index (χ3v) is 2.82. The molecule has 0 aromatic rings. The Bertz CT molecular complexity index is 105. The van der Waals surface area contributed by atoms with Crippen LogP contribution in [0.3, 0.4) is 0 Å². The molecule has 1 heterocycles. The lowest BCUT2D eigenvalue weighted by atomic mass is 10.1. The first kappa shape index (κ1) is 11.0. The minimum Gasteiger partial charge on any atom is -0.303 e. The van der Waals surface area contributed by atoms with Gasteiger partial charge in [0.1, 0.15) is 0 Å². The Morgan fingerprint density at radius 3 is 1.46 bits per heavy atom. The fourth-order valence-corrected chi connectivity index (χ4v) is 1.96. The summed E-state index contributed by atoms with van der Waals surface area (Å²) in [4.78, 5) is 2.50. The molecule has 0 aromatic carbocycles.